The predicted molar refractivity (Wildman–Crippen MR) is 102 cm³/mol. The minimum Gasteiger partial charge on any atom is -0.366 e. The molecule has 0 bridgehead atoms. The zero-order valence-electron chi connectivity index (χ0n) is 14.8. The Morgan fingerprint density at radius 2 is 1.44 bits per heavy atom. The largest absolute Gasteiger partial charge is 0.366 e. The minimum absolute atomic E-state index is 0.233. The molecule has 1 saturated heterocycles. The first-order chi connectivity index (χ1) is 13.3. The Labute approximate surface area is 156 Å². The molecule has 4 rings (SSSR count). The average Bonchev–Trinajstić information content (AvgIpc) is 2.74. The maximum atomic E-state index is 13.0. The molecule has 7 nitrogen and oxygen atoms in total. The average molecular weight is 365 g/mol. The highest BCUT2D eigenvalue weighted by Gasteiger charge is 2.20. The summed E-state index contributed by atoms with van der Waals surface area (Å²) in [5.74, 6) is 1.97. The summed E-state index contributed by atoms with van der Waals surface area (Å²) in [6.07, 6.45) is 5.27. The van der Waals surface area contributed by atoms with Crippen molar-refractivity contribution in [1.82, 2.24) is 19.9 Å². The van der Waals surface area contributed by atoms with Crippen molar-refractivity contribution < 1.29 is 4.39 Å². The van der Waals surface area contributed by atoms with Gasteiger partial charge in [0.15, 0.2) is 0 Å². The van der Waals surface area contributed by atoms with E-state index in [9.17, 15) is 4.39 Å². The lowest BCUT2D eigenvalue weighted by atomic mass is 10.2. The number of piperazine rings is 1. The van der Waals surface area contributed by atoms with Crippen LogP contribution in [0.5, 0.6) is 0 Å². The van der Waals surface area contributed by atoms with Gasteiger partial charge in [-0.15, -0.1) is 0 Å². The van der Waals surface area contributed by atoms with Gasteiger partial charge in [-0.25, -0.2) is 19.3 Å². The highest BCUT2D eigenvalue weighted by Crippen LogP contribution is 2.16. The van der Waals surface area contributed by atoms with E-state index < -0.39 is 0 Å². The van der Waals surface area contributed by atoms with E-state index >= 15 is 0 Å². The van der Waals surface area contributed by atoms with Crippen molar-refractivity contribution in [2.45, 2.75) is 6.54 Å². The van der Waals surface area contributed by atoms with Crippen LogP contribution in [0.2, 0.25) is 0 Å². The van der Waals surface area contributed by atoms with Crippen LogP contribution in [0, 0.1) is 5.82 Å². The van der Waals surface area contributed by atoms with E-state index in [4.69, 9.17) is 0 Å². The van der Waals surface area contributed by atoms with Gasteiger partial charge < -0.3 is 15.1 Å². The maximum Gasteiger partial charge on any atom is 0.227 e. The number of rotatable bonds is 5. The lowest BCUT2D eigenvalue weighted by Gasteiger charge is -2.34. The van der Waals surface area contributed by atoms with Crippen LogP contribution in [0.1, 0.15) is 5.56 Å². The molecule has 138 valence electrons. The topological polar surface area (TPSA) is 70.1 Å². The summed E-state index contributed by atoms with van der Waals surface area (Å²) in [4.78, 5) is 21.9. The number of benzene rings is 1. The summed E-state index contributed by atoms with van der Waals surface area (Å²) in [5, 5.41) is 3.26. The fourth-order valence-electron chi connectivity index (χ4n) is 2.96. The van der Waals surface area contributed by atoms with Gasteiger partial charge in [-0.3, -0.25) is 0 Å². The number of hydrogen-bond acceptors (Lipinski definition) is 7. The van der Waals surface area contributed by atoms with Crippen LogP contribution in [0.3, 0.4) is 0 Å². The first-order valence-electron chi connectivity index (χ1n) is 8.86. The van der Waals surface area contributed by atoms with Gasteiger partial charge in [0, 0.05) is 51.3 Å². The number of nitrogens with one attached hydrogen (secondary N) is 1. The fraction of sp³-hybridized carbons (Fsp3) is 0.263. The van der Waals surface area contributed by atoms with E-state index in [1.54, 1.807) is 30.7 Å². The van der Waals surface area contributed by atoms with Crippen LogP contribution in [0.25, 0.3) is 0 Å². The van der Waals surface area contributed by atoms with Crippen molar-refractivity contribution in [3.05, 3.63) is 66.4 Å². The van der Waals surface area contributed by atoms with Gasteiger partial charge in [0.25, 0.3) is 0 Å². The molecule has 1 aliphatic rings. The van der Waals surface area contributed by atoms with Crippen LogP contribution in [-0.2, 0) is 6.54 Å². The van der Waals surface area contributed by atoms with Crippen LogP contribution < -0.4 is 15.1 Å². The zero-order chi connectivity index (χ0) is 18.5. The monoisotopic (exact) mass is 365 g/mol. The van der Waals surface area contributed by atoms with Gasteiger partial charge >= 0.3 is 0 Å². The molecule has 3 heterocycles. The van der Waals surface area contributed by atoms with Gasteiger partial charge in [0.1, 0.15) is 11.6 Å². The molecule has 0 aliphatic carbocycles. The Hall–Kier alpha value is -3.29. The Balaban J connectivity index is 1.36. The van der Waals surface area contributed by atoms with Crippen LogP contribution in [0.15, 0.2) is 55.0 Å². The zero-order valence-corrected chi connectivity index (χ0v) is 14.8. The van der Waals surface area contributed by atoms with Crippen molar-refractivity contribution in [2.24, 2.45) is 0 Å². The second-order valence-electron chi connectivity index (χ2n) is 6.24. The van der Waals surface area contributed by atoms with Gasteiger partial charge in [0.05, 0.1) is 0 Å². The number of halogens is 1. The standard InChI is InChI=1S/C19H20FN7/c20-16-4-2-15(3-5-16)14-24-17-6-9-23-19(25-17)27-12-10-26(11-13-27)18-21-7-1-8-22-18/h1-9H,10-14H2,(H,23,24,25). The molecule has 0 saturated carbocycles. The second-order valence-corrected chi connectivity index (χ2v) is 6.24. The third-order valence-corrected chi connectivity index (χ3v) is 4.43. The van der Waals surface area contributed by atoms with E-state index in [0.717, 1.165) is 43.5 Å². The molecule has 1 N–H and O–H groups in total. The molecule has 8 heteroatoms. The predicted octanol–water partition coefficient (Wildman–Crippen LogP) is 2.34. The van der Waals surface area contributed by atoms with E-state index in [2.05, 4.69) is 35.1 Å². The van der Waals surface area contributed by atoms with Crippen molar-refractivity contribution in [2.75, 3.05) is 41.3 Å². The fourth-order valence-corrected chi connectivity index (χ4v) is 2.96. The summed E-state index contributed by atoms with van der Waals surface area (Å²) in [6, 6.07) is 10.1. The normalized spacial score (nSPS) is 14.3. The minimum atomic E-state index is -0.233. The van der Waals surface area contributed by atoms with Gasteiger partial charge in [-0.2, -0.15) is 4.98 Å². The number of anilines is 3. The molecule has 1 aromatic carbocycles. The smallest absolute Gasteiger partial charge is 0.227 e. The van der Waals surface area contributed by atoms with Gasteiger partial charge in [0.2, 0.25) is 11.9 Å². The molecule has 3 aromatic rings. The highest BCUT2D eigenvalue weighted by molar-refractivity contribution is 5.43. The van der Waals surface area contributed by atoms with E-state index in [1.807, 2.05) is 12.1 Å². The molecule has 0 radical (unpaired) electrons. The molecule has 1 aliphatic heterocycles. The van der Waals surface area contributed by atoms with Gasteiger partial charge in [-0.1, -0.05) is 12.1 Å². The Bertz CT molecular complexity index is 865. The molecule has 0 unspecified atom stereocenters. The van der Waals surface area contributed by atoms with E-state index in [-0.39, 0.29) is 5.82 Å². The number of aromatic nitrogens is 4. The Kier molecular flexibility index (Phi) is 5.04. The van der Waals surface area contributed by atoms with E-state index in [1.165, 1.54) is 12.1 Å². The first-order valence-corrected chi connectivity index (χ1v) is 8.86. The molecular weight excluding hydrogens is 345 g/mol. The maximum absolute atomic E-state index is 13.0. The van der Waals surface area contributed by atoms with E-state index in [0.29, 0.717) is 12.5 Å². The van der Waals surface area contributed by atoms with Crippen molar-refractivity contribution in [3.8, 4) is 0 Å². The van der Waals surface area contributed by atoms with Crippen molar-refractivity contribution in [1.29, 1.82) is 0 Å². The van der Waals surface area contributed by atoms with Crippen LogP contribution >= 0.6 is 0 Å². The molecule has 2 aromatic heterocycles. The molecule has 0 amide bonds. The van der Waals surface area contributed by atoms with Gasteiger partial charge in [-0.05, 0) is 29.8 Å². The van der Waals surface area contributed by atoms with Crippen LogP contribution in [-0.4, -0.2) is 46.1 Å². The second kappa shape index (κ2) is 7.94. The summed E-state index contributed by atoms with van der Waals surface area (Å²) < 4.78 is 13.0. The lowest BCUT2D eigenvalue weighted by molar-refractivity contribution is 0.627. The quantitative estimate of drug-likeness (QED) is 0.744. The summed E-state index contributed by atoms with van der Waals surface area (Å²) >= 11 is 0. The van der Waals surface area contributed by atoms with Crippen LogP contribution in [0.4, 0.5) is 22.1 Å². The SMILES string of the molecule is Fc1ccc(CNc2ccnc(N3CCN(c4ncccn4)CC3)n2)cc1. The number of hydrogen-bond donors (Lipinski definition) is 1. The highest BCUT2D eigenvalue weighted by atomic mass is 19.1. The molecule has 1 fully saturated rings. The number of nitrogens with zero attached hydrogens (tertiary/aromatic N) is 6. The third-order valence-electron chi connectivity index (χ3n) is 4.43. The Morgan fingerprint density at radius 1 is 0.815 bits per heavy atom. The van der Waals surface area contributed by atoms with Crippen molar-refractivity contribution >= 4 is 17.7 Å². The third kappa shape index (κ3) is 4.28. The molecule has 27 heavy (non-hydrogen) atoms. The summed E-state index contributed by atoms with van der Waals surface area (Å²) in [6.45, 7) is 3.83. The Morgan fingerprint density at radius 3 is 2.15 bits per heavy atom. The molecular formula is C19H20FN7. The lowest BCUT2D eigenvalue weighted by Crippen LogP contribution is -2.47. The summed E-state index contributed by atoms with van der Waals surface area (Å²) in [5.41, 5.74) is 0.994. The molecule has 0 spiro atoms. The van der Waals surface area contributed by atoms with Crippen molar-refractivity contribution in [3.63, 3.8) is 0 Å². The molecule has 0 atom stereocenters. The summed E-state index contributed by atoms with van der Waals surface area (Å²) in [7, 11) is 0. The first kappa shape index (κ1) is 17.1.